The highest BCUT2D eigenvalue weighted by Crippen LogP contribution is 2.15. The second kappa shape index (κ2) is 10.3. The van der Waals surface area contributed by atoms with Crippen molar-refractivity contribution in [2.24, 2.45) is 0 Å². The van der Waals surface area contributed by atoms with Gasteiger partial charge in [-0.15, -0.1) is 6.42 Å². The van der Waals surface area contributed by atoms with E-state index in [4.69, 9.17) is 20.6 Å². The number of hydrogen-bond donors (Lipinski definition) is 1. The Hall–Kier alpha value is -2.68. The van der Waals surface area contributed by atoms with Gasteiger partial charge in [0.1, 0.15) is 24.0 Å². The van der Waals surface area contributed by atoms with Crippen LogP contribution in [0.5, 0.6) is 5.75 Å². The Kier molecular flexibility index (Phi) is 8.50. The van der Waals surface area contributed by atoms with Gasteiger partial charge in [0.05, 0.1) is 7.11 Å². The molecule has 1 rings (SSSR count). The Morgan fingerprint density at radius 3 is 2.42 bits per heavy atom. The summed E-state index contributed by atoms with van der Waals surface area (Å²) in [7, 11) is 1.29. The molecule has 0 aromatic heterocycles. The van der Waals surface area contributed by atoms with Crippen molar-refractivity contribution >= 4 is 12.1 Å². The standard InChI is InChI=1S/C20H27NO5/c1-6-14-25-16-12-10-15(11-13-16)8-7-9-17(18(22)24-5)21-19(23)26-20(2,3)4/h1,10-13,17H,7-9,14H2,2-5H3,(H,21,23)/t17-/m0/s1. The van der Waals surface area contributed by atoms with Crippen LogP contribution in [0.2, 0.25) is 0 Å². The van der Waals surface area contributed by atoms with Crippen LogP contribution in [-0.2, 0) is 20.7 Å². The van der Waals surface area contributed by atoms with E-state index in [1.54, 1.807) is 20.8 Å². The molecule has 0 spiro atoms. The molecule has 1 N–H and O–H groups in total. The molecular weight excluding hydrogens is 334 g/mol. The number of esters is 1. The summed E-state index contributed by atoms with van der Waals surface area (Å²) in [4.78, 5) is 23.8. The second-order valence-corrected chi connectivity index (χ2v) is 6.75. The highest BCUT2D eigenvalue weighted by atomic mass is 16.6. The normalized spacial score (nSPS) is 11.8. The number of nitrogens with one attached hydrogen (secondary N) is 1. The summed E-state index contributed by atoms with van der Waals surface area (Å²) in [6.07, 6.45) is 6.41. The smallest absolute Gasteiger partial charge is 0.408 e. The van der Waals surface area contributed by atoms with Crippen molar-refractivity contribution in [1.29, 1.82) is 0 Å². The molecule has 0 bridgehead atoms. The Balaban J connectivity index is 2.52. The number of carbonyl (C=O) groups excluding carboxylic acids is 2. The molecule has 0 aliphatic carbocycles. The number of benzene rings is 1. The van der Waals surface area contributed by atoms with E-state index in [1.165, 1.54) is 7.11 Å². The first-order valence-electron chi connectivity index (χ1n) is 8.47. The van der Waals surface area contributed by atoms with E-state index in [0.717, 1.165) is 12.0 Å². The van der Waals surface area contributed by atoms with E-state index in [9.17, 15) is 9.59 Å². The zero-order valence-corrected chi connectivity index (χ0v) is 15.8. The second-order valence-electron chi connectivity index (χ2n) is 6.75. The van der Waals surface area contributed by atoms with Crippen molar-refractivity contribution in [2.45, 2.75) is 51.7 Å². The molecule has 0 radical (unpaired) electrons. The predicted octanol–water partition coefficient (Wildman–Crippen LogP) is 3.09. The molecule has 0 aliphatic rings. The molecule has 142 valence electrons. The van der Waals surface area contributed by atoms with Gasteiger partial charge in [0, 0.05) is 0 Å². The predicted molar refractivity (Wildman–Crippen MR) is 98.9 cm³/mol. The molecule has 1 aromatic carbocycles. The van der Waals surface area contributed by atoms with Gasteiger partial charge in [-0.2, -0.15) is 0 Å². The topological polar surface area (TPSA) is 73.9 Å². The number of aryl methyl sites for hydroxylation is 1. The van der Waals surface area contributed by atoms with E-state index < -0.39 is 23.7 Å². The molecule has 1 aromatic rings. The number of ether oxygens (including phenoxy) is 3. The van der Waals surface area contributed by atoms with Crippen molar-refractivity contribution in [2.75, 3.05) is 13.7 Å². The lowest BCUT2D eigenvalue weighted by Gasteiger charge is -2.22. The van der Waals surface area contributed by atoms with E-state index >= 15 is 0 Å². The maximum atomic E-state index is 11.9. The van der Waals surface area contributed by atoms with Gasteiger partial charge in [0.15, 0.2) is 0 Å². The number of methoxy groups -OCH3 is 1. The van der Waals surface area contributed by atoms with Crippen LogP contribution in [0.25, 0.3) is 0 Å². The average Bonchev–Trinajstić information content (AvgIpc) is 2.57. The maximum absolute atomic E-state index is 11.9. The van der Waals surface area contributed by atoms with Crippen LogP contribution >= 0.6 is 0 Å². The van der Waals surface area contributed by atoms with Gasteiger partial charge in [-0.25, -0.2) is 9.59 Å². The Morgan fingerprint density at radius 1 is 1.23 bits per heavy atom. The molecule has 0 fully saturated rings. The number of carbonyl (C=O) groups is 2. The van der Waals surface area contributed by atoms with Crippen molar-refractivity contribution in [3.63, 3.8) is 0 Å². The monoisotopic (exact) mass is 361 g/mol. The molecule has 0 aliphatic heterocycles. The highest BCUT2D eigenvalue weighted by molar-refractivity contribution is 5.81. The quantitative estimate of drug-likeness (QED) is 0.569. The summed E-state index contributed by atoms with van der Waals surface area (Å²) in [5.74, 6) is 2.63. The van der Waals surface area contributed by atoms with Gasteiger partial charge in [0.2, 0.25) is 0 Å². The van der Waals surface area contributed by atoms with Crippen molar-refractivity contribution in [3.05, 3.63) is 29.8 Å². The SMILES string of the molecule is C#CCOc1ccc(CCC[C@H](NC(=O)OC(C)(C)C)C(=O)OC)cc1. The van der Waals surface area contributed by atoms with Crippen LogP contribution < -0.4 is 10.1 Å². The van der Waals surface area contributed by atoms with Crippen molar-refractivity contribution in [1.82, 2.24) is 5.32 Å². The van der Waals surface area contributed by atoms with Gasteiger partial charge < -0.3 is 19.5 Å². The molecule has 0 saturated heterocycles. The number of alkyl carbamates (subject to hydrolysis) is 1. The van der Waals surface area contributed by atoms with E-state index in [0.29, 0.717) is 18.6 Å². The van der Waals surface area contributed by atoms with E-state index in [1.807, 2.05) is 24.3 Å². The van der Waals surface area contributed by atoms with Crippen LogP contribution in [0.15, 0.2) is 24.3 Å². The van der Waals surface area contributed by atoms with Crippen LogP contribution in [0, 0.1) is 12.3 Å². The first kappa shape index (κ1) is 21.4. The number of hydrogen-bond acceptors (Lipinski definition) is 5. The fourth-order valence-corrected chi connectivity index (χ4v) is 2.23. The molecule has 6 nitrogen and oxygen atoms in total. The van der Waals surface area contributed by atoms with Gasteiger partial charge in [-0.1, -0.05) is 18.1 Å². The molecule has 6 heteroatoms. The van der Waals surface area contributed by atoms with Crippen molar-refractivity contribution in [3.8, 4) is 18.1 Å². The van der Waals surface area contributed by atoms with Gasteiger partial charge >= 0.3 is 12.1 Å². The van der Waals surface area contributed by atoms with Gasteiger partial charge in [-0.3, -0.25) is 0 Å². The molecule has 1 amide bonds. The van der Waals surface area contributed by atoms with E-state index in [-0.39, 0.29) is 6.61 Å². The zero-order chi connectivity index (χ0) is 19.6. The lowest BCUT2D eigenvalue weighted by Crippen LogP contribution is -2.44. The van der Waals surface area contributed by atoms with E-state index in [2.05, 4.69) is 11.2 Å². The van der Waals surface area contributed by atoms with Gasteiger partial charge in [0.25, 0.3) is 0 Å². The van der Waals surface area contributed by atoms with Crippen LogP contribution in [0.1, 0.15) is 39.2 Å². The fraction of sp³-hybridized carbons (Fsp3) is 0.500. The third kappa shape index (κ3) is 8.43. The molecular formula is C20H27NO5. The van der Waals surface area contributed by atoms with Crippen LogP contribution in [0.3, 0.4) is 0 Å². The zero-order valence-electron chi connectivity index (χ0n) is 15.8. The number of amides is 1. The summed E-state index contributed by atoms with van der Waals surface area (Å²) in [5, 5.41) is 2.57. The minimum Gasteiger partial charge on any atom is -0.481 e. The Labute approximate surface area is 155 Å². The minimum absolute atomic E-state index is 0.233. The lowest BCUT2D eigenvalue weighted by atomic mass is 10.0. The van der Waals surface area contributed by atoms with Crippen LogP contribution in [-0.4, -0.2) is 37.4 Å². The minimum atomic E-state index is -0.743. The maximum Gasteiger partial charge on any atom is 0.408 e. The first-order valence-corrected chi connectivity index (χ1v) is 8.47. The Morgan fingerprint density at radius 2 is 1.88 bits per heavy atom. The van der Waals surface area contributed by atoms with Gasteiger partial charge in [-0.05, 0) is 57.7 Å². The summed E-state index contributed by atoms with van der Waals surface area (Å²) >= 11 is 0. The summed E-state index contributed by atoms with van der Waals surface area (Å²) < 4.78 is 15.3. The molecule has 0 saturated carbocycles. The third-order valence-electron chi connectivity index (χ3n) is 3.38. The lowest BCUT2D eigenvalue weighted by molar-refractivity contribution is -0.143. The van der Waals surface area contributed by atoms with Crippen molar-refractivity contribution < 1.29 is 23.8 Å². The summed E-state index contributed by atoms with van der Waals surface area (Å²) in [5.41, 5.74) is 0.465. The Bertz CT molecular complexity index is 625. The fourth-order valence-electron chi connectivity index (χ4n) is 2.23. The molecule has 1 atom stereocenters. The molecule has 0 heterocycles. The number of rotatable bonds is 8. The third-order valence-corrected chi connectivity index (χ3v) is 3.38. The summed E-state index contributed by atoms with van der Waals surface area (Å²) in [6, 6.07) is 6.85. The number of terminal acetylenes is 1. The van der Waals surface area contributed by atoms with Crippen LogP contribution in [0.4, 0.5) is 4.79 Å². The largest absolute Gasteiger partial charge is 0.481 e. The summed E-state index contributed by atoms with van der Waals surface area (Å²) in [6.45, 7) is 5.51. The average molecular weight is 361 g/mol. The first-order chi connectivity index (χ1) is 12.2. The molecule has 26 heavy (non-hydrogen) atoms. The highest BCUT2D eigenvalue weighted by Gasteiger charge is 2.24. The molecule has 0 unspecified atom stereocenters.